The summed E-state index contributed by atoms with van der Waals surface area (Å²) >= 11 is 0. The van der Waals surface area contributed by atoms with Gasteiger partial charge in [-0.05, 0) is 13.0 Å². The molecule has 1 atom stereocenters. The van der Waals surface area contributed by atoms with Gasteiger partial charge < -0.3 is 10.8 Å². The first-order chi connectivity index (χ1) is 4.68. The van der Waals surface area contributed by atoms with Gasteiger partial charge in [-0.25, -0.2) is 0 Å². The quantitative estimate of drug-likeness (QED) is 0.601. The predicted octanol–water partition coefficient (Wildman–Crippen LogP) is -0.154. The molecule has 0 aliphatic heterocycles. The van der Waals surface area contributed by atoms with Crippen molar-refractivity contribution < 1.29 is 5.11 Å². The molecule has 0 amide bonds. The van der Waals surface area contributed by atoms with Crippen LogP contribution in [0.5, 0.6) is 0 Å². The molecular weight excluding hydrogens is 130 g/mol. The summed E-state index contributed by atoms with van der Waals surface area (Å²) in [6.45, 7) is 2.20. The van der Waals surface area contributed by atoms with Crippen LogP contribution in [0.1, 0.15) is 6.92 Å². The molecule has 1 aromatic rings. The maximum absolute atomic E-state index is 8.91. The van der Waals surface area contributed by atoms with E-state index < -0.39 is 0 Å². The number of nitrogens with two attached hydrogens (primary N) is 1. The monoisotopic (exact) mass is 141 g/mol. The van der Waals surface area contributed by atoms with E-state index in [0.717, 1.165) is 0 Å². The van der Waals surface area contributed by atoms with E-state index in [2.05, 4.69) is 5.10 Å². The minimum Gasteiger partial charge on any atom is -0.391 e. The Labute approximate surface area is 59.3 Å². The molecule has 0 fully saturated rings. The highest BCUT2D eigenvalue weighted by molar-refractivity contribution is 5.23. The lowest BCUT2D eigenvalue weighted by molar-refractivity contribution is 0.168. The van der Waals surface area contributed by atoms with E-state index >= 15 is 0 Å². The van der Waals surface area contributed by atoms with Crippen molar-refractivity contribution in [2.45, 2.75) is 19.6 Å². The number of nitrogen functional groups attached to an aromatic ring is 1. The van der Waals surface area contributed by atoms with E-state index in [1.54, 1.807) is 23.9 Å². The smallest absolute Gasteiger partial charge is 0.145 e. The van der Waals surface area contributed by atoms with Gasteiger partial charge in [-0.2, -0.15) is 5.10 Å². The molecule has 4 heteroatoms. The second kappa shape index (κ2) is 2.70. The third kappa shape index (κ3) is 1.73. The Hall–Kier alpha value is -1.03. The molecule has 0 spiro atoms. The molecular formula is C6H11N3O. The van der Waals surface area contributed by atoms with Crippen molar-refractivity contribution >= 4 is 5.82 Å². The van der Waals surface area contributed by atoms with Crippen LogP contribution in [0.2, 0.25) is 0 Å². The van der Waals surface area contributed by atoms with Crippen molar-refractivity contribution in [3.63, 3.8) is 0 Å². The molecule has 56 valence electrons. The first kappa shape index (κ1) is 7.08. The summed E-state index contributed by atoms with van der Waals surface area (Å²) in [5, 5.41) is 12.8. The number of hydrogen-bond acceptors (Lipinski definition) is 3. The standard InChI is InChI=1S/C6H11N3O/c1-5(10)4-9-3-2-6(7)8-9/h2-3,5,10H,4H2,1H3,(H2,7,8)/t5-/m0/s1. The van der Waals surface area contributed by atoms with Crippen LogP contribution in [0, 0.1) is 0 Å². The summed E-state index contributed by atoms with van der Waals surface area (Å²) < 4.78 is 1.61. The molecule has 0 saturated heterocycles. The number of rotatable bonds is 2. The van der Waals surface area contributed by atoms with Crippen LogP contribution in [0.3, 0.4) is 0 Å². The fourth-order valence-electron chi connectivity index (χ4n) is 0.750. The van der Waals surface area contributed by atoms with E-state index in [1.165, 1.54) is 0 Å². The van der Waals surface area contributed by atoms with Crippen molar-refractivity contribution in [3.8, 4) is 0 Å². The van der Waals surface area contributed by atoms with Crippen molar-refractivity contribution in [3.05, 3.63) is 12.3 Å². The summed E-state index contributed by atoms with van der Waals surface area (Å²) in [6, 6.07) is 1.70. The number of nitrogens with zero attached hydrogens (tertiary/aromatic N) is 2. The van der Waals surface area contributed by atoms with Gasteiger partial charge in [0.15, 0.2) is 0 Å². The minimum absolute atomic E-state index is 0.376. The average Bonchev–Trinajstić information content (AvgIpc) is 2.13. The second-order valence-corrected chi connectivity index (χ2v) is 2.31. The Balaban J connectivity index is 2.58. The Morgan fingerprint density at radius 1 is 1.90 bits per heavy atom. The van der Waals surface area contributed by atoms with Crippen LogP contribution < -0.4 is 5.73 Å². The third-order valence-electron chi connectivity index (χ3n) is 1.11. The molecule has 0 aliphatic rings. The van der Waals surface area contributed by atoms with Crippen molar-refractivity contribution in [2.75, 3.05) is 5.73 Å². The van der Waals surface area contributed by atoms with Gasteiger partial charge in [0.1, 0.15) is 5.82 Å². The molecule has 3 N–H and O–H groups in total. The molecule has 1 heterocycles. The number of aliphatic hydroxyl groups is 1. The molecule has 0 aliphatic carbocycles. The molecule has 0 bridgehead atoms. The highest BCUT2D eigenvalue weighted by atomic mass is 16.3. The molecule has 1 rings (SSSR count). The van der Waals surface area contributed by atoms with Crippen LogP contribution >= 0.6 is 0 Å². The van der Waals surface area contributed by atoms with Gasteiger partial charge in [-0.15, -0.1) is 0 Å². The molecule has 0 unspecified atom stereocenters. The van der Waals surface area contributed by atoms with Gasteiger partial charge in [0.2, 0.25) is 0 Å². The van der Waals surface area contributed by atoms with Gasteiger partial charge in [-0.1, -0.05) is 0 Å². The average molecular weight is 141 g/mol. The zero-order valence-corrected chi connectivity index (χ0v) is 5.86. The Morgan fingerprint density at radius 3 is 3.00 bits per heavy atom. The molecule has 1 aromatic heterocycles. The molecule has 0 radical (unpaired) electrons. The van der Waals surface area contributed by atoms with Crippen molar-refractivity contribution in [1.82, 2.24) is 9.78 Å². The predicted molar refractivity (Wildman–Crippen MR) is 38.3 cm³/mol. The summed E-state index contributed by atoms with van der Waals surface area (Å²) in [5.41, 5.74) is 5.34. The summed E-state index contributed by atoms with van der Waals surface area (Å²) in [4.78, 5) is 0. The van der Waals surface area contributed by atoms with Crippen LogP contribution in [0.15, 0.2) is 12.3 Å². The van der Waals surface area contributed by atoms with Crippen LogP contribution in [-0.2, 0) is 6.54 Å². The van der Waals surface area contributed by atoms with Crippen LogP contribution in [0.4, 0.5) is 5.82 Å². The number of aromatic nitrogens is 2. The van der Waals surface area contributed by atoms with E-state index in [9.17, 15) is 0 Å². The lowest BCUT2D eigenvalue weighted by Crippen LogP contribution is -2.12. The number of anilines is 1. The van der Waals surface area contributed by atoms with Gasteiger partial charge in [-0.3, -0.25) is 4.68 Å². The maximum atomic E-state index is 8.91. The summed E-state index contributed by atoms with van der Waals surface area (Å²) in [6.07, 6.45) is 1.36. The Kier molecular flexibility index (Phi) is 1.91. The highest BCUT2D eigenvalue weighted by Crippen LogP contribution is 1.96. The van der Waals surface area contributed by atoms with Crippen molar-refractivity contribution in [2.24, 2.45) is 0 Å². The van der Waals surface area contributed by atoms with E-state index in [0.29, 0.717) is 12.4 Å². The zero-order chi connectivity index (χ0) is 7.56. The number of hydrogen-bond donors (Lipinski definition) is 2. The fraction of sp³-hybridized carbons (Fsp3) is 0.500. The van der Waals surface area contributed by atoms with E-state index in [4.69, 9.17) is 10.8 Å². The topological polar surface area (TPSA) is 64.1 Å². The highest BCUT2D eigenvalue weighted by Gasteiger charge is 1.97. The summed E-state index contributed by atoms with van der Waals surface area (Å²) in [7, 11) is 0. The zero-order valence-electron chi connectivity index (χ0n) is 5.86. The van der Waals surface area contributed by atoms with Crippen LogP contribution in [-0.4, -0.2) is 21.0 Å². The van der Waals surface area contributed by atoms with Gasteiger partial charge >= 0.3 is 0 Å². The minimum atomic E-state index is -0.376. The second-order valence-electron chi connectivity index (χ2n) is 2.31. The maximum Gasteiger partial charge on any atom is 0.145 e. The lowest BCUT2D eigenvalue weighted by Gasteiger charge is -2.02. The normalized spacial score (nSPS) is 13.4. The molecule has 0 saturated carbocycles. The fourth-order valence-corrected chi connectivity index (χ4v) is 0.750. The Morgan fingerprint density at radius 2 is 2.60 bits per heavy atom. The largest absolute Gasteiger partial charge is 0.391 e. The molecule has 0 aromatic carbocycles. The Bertz CT molecular complexity index is 207. The molecule has 10 heavy (non-hydrogen) atoms. The van der Waals surface area contributed by atoms with E-state index in [-0.39, 0.29) is 6.10 Å². The van der Waals surface area contributed by atoms with E-state index in [1.807, 2.05) is 0 Å². The summed E-state index contributed by atoms with van der Waals surface area (Å²) in [5.74, 6) is 0.487. The first-order valence-electron chi connectivity index (χ1n) is 3.15. The SMILES string of the molecule is C[C@H](O)Cn1ccc(N)n1. The van der Waals surface area contributed by atoms with Crippen molar-refractivity contribution in [1.29, 1.82) is 0 Å². The van der Waals surface area contributed by atoms with Gasteiger partial charge in [0.25, 0.3) is 0 Å². The first-order valence-corrected chi connectivity index (χ1v) is 3.15. The lowest BCUT2D eigenvalue weighted by atomic mass is 10.4. The van der Waals surface area contributed by atoms with Gasteiger partial charge in [0.05, 0.1) is 12.6 Å². The van der Waals surface area contributed by atoms with Gasteiger partial charge in [0, 0.05) is 6.20 Å². The van der Waals surface area contributed by atoms with Crippen LogP contribution in [0.25, 0.3) is 0 Å². The number of aliphatic hydroxyl groups excluding tert-OH is 1. The third-order valence-corrected chi connectivity index (χ3v) is 1.11. The molecule has 4 nitrogen and oxygen atoms in total.